The third-order valence-corrected chi connectivity index (χ3v) is 4.81. The van der Waals surface area contributed by atoms with Crippen LogP contribution >= 0.6 is 0 Å². The highest BCUT2D eigenvalue weighted by atomic mass is 32.2. The van der Waals surface area contributed by atoms with Gasteiger partial charge in [0.15, 0.2) is 0 Å². The summed E-state index contributed by atoms with van der Waals surface area (Å²) in [5.41, 5.74) is -0.281. The van der Waals surface area contributed by atoms with Crippen molar-refractivity contribution in [1.82, 2.24) is 14.9 Å². The molecule has 2 aliphatic heterocycles. The Labute approximate surface area is 115 Å². The van der Waals surface area contributed by atoms with Crippen molar-refractivity contribution in [3.8, 4) is 0 Å². The number of amides is 1. The van der Waals surface area contributed by atoms with Crippen LogP contribution in [-0.4, -0.2) is 57.7 Å². The van der Waals surface area contributed by atoms with Crippen LogP contribution in [0.1, 0.15) is 26.2 Å². The van der Waals surface area contributed by atoms with Crippen molar-refractivity contribution < 1.29 is 13.2 Å². The number of hydrogen-bond donors (Lipinski definition) is 2. The monoisotopic (exact) mass is 289 g/mol. The number of likely N-dealkylation sites (tertiary alicyclic amines) is 1. The molecule has 7 heteroatoms. The van der Waals surface area contributed by atoms with Crippen molar-refractivity contribution >= 4 is 15.9 Å². The predicted octanol–water partition coefficient (Wildman–Crippen LogP) is -0.474. The topological polar surface area (TPSA) is 78.5 Å². The van der Waals surface area contributed by atoms with E-state index >= 15 is 0 Å². The number of hydrogen-bond acceptors (Lipinski definition) is 4. The Morgan fingerprint density at radius 3 is 2.47 bits per heavy atom. The highest BCUT2D eigenvalue weighted by Crippen LogP contribution is 2.28. The Morgan fingerprint density at radius 2 is 2.00 bits per heavy atom. The van der Waals surface area contributed by atoms with Crippen molar-refractivity contribution in [3.05, 3.63) is 0 Å². The largest absolute Gasteiger partial charge is 0.342 e. The molecule has 2 N–H and O–H groups in total. The van der Waals surface area contributed by atoms with Gasteiger partial charge < -0.3 is 10.2 Å². The van der Waals surface area contributed by atoms with Gasteiger partial charge in [-0.15, -0.1) is 0 Å². The molecule has 2 rings (SSSR count). The van der Waals surface area contributed by atoms with Crippen LogP contribution < -0.4 is 10.0 Å². The first-order valence-corrected chi connectivity index (χ1v) is 8.67. The lowest BCUT2D eigenvalue weighted by atomic mass is 9.87. The fourth-order valence-electron chi connectivity index (χ4n) is 2.88. The number of nitrogens with zero attached hydrogens (tertiary/aromatic N) is 1. The Bertz CT molecular complexity index is 435. The van der Waals surface area contributed by atoms with E-state index in [1.807, 2.05) is 11.8 Å². The third kappa shape index (κ3) is 3.67. The summed E-state index contributed by atoms with van der Waals surface area (Å²) in [6.45, 7) is 4.93. The molecule has 1 atom stereocenters. The summed E-state index contributed by atoms with van der Waals surface area (Å²) in [5.74, 6) is 0.204. The average molecular weight is 289 g/mol. The van der Waals surface area contributed by atoms with Gasteiger partial charge in [0.1, 0.15) is 0 Å². The molecule has 0 radical (unpaired) electrons. The van der Waals surface area contributed by atoms with Gasteiger partial charge in [0.05, 0.1) is 11.7 Å². The minimum absolute atomic E-state index is 0.0337. The molecular weight excluding hydrogens is 266 g/mol. The summed E-state index contributed by atoms with van der Waals surface area (Å²) >= 11 is 0. The van der Waals surface area contributed by atoms with Crippen LogP contribution in [0.2, 0.25) is 0 Å². The molecule has 6 nitrogen and oxygen atoms in total. The molecule has 0 aromatic rings. The standard InChI is InChI=1S/C12H23N3O3S/c1-12(5-6-13-9-12)11(16)15-7-3-10(4-8-15)14-19(2,17)18/h10,13-14H,3-9H2,1-2H3. The number of carbonyl (C=O) groups excluding carboxylic acids is 1. The Balaban J connectivity index is 1.88. The molecule has 2 heterocycles. The second-order valence-corrected chi connectivity index (χ2v) is 7.72. The van der Waals surface area contributed by atoms with Gasteiger partial charge in [-0.05, 0) is 32.7 Å². The fraction of sp³-hybridized carbons (Fsp3) is 0.917. The number of nitrogens with one attached hydrogen (secondary N) is 2. The van der Waals surface area contributed by atoms with E-state index < -0.39 is 10.0 Å². The zero-order valence-electron chi connectivity index (χ0n) is 11.6. The van der Waals surface area contributed by atoms with E-state index in [-0.39, 0.29) is 17.4 Å². The number of piperidine rings is 1. The van der Waals surface area contributed by atoms with Crippen molar-refractivity contribution in [3.63, 3.8) is 0 Å². The van der Waals surface area contributed by atoms with E-state index in [0.717, 1.165) is 19.5 Å². The Hall–Kier alpha value is -0.660. The van der Waals surface area contributed by atoms with E-state index in [0.29, 0.717) is 25.9 Å². The highest BCUT2D eigenvalue weighted by molar-refractivity contribution is 7.88. The number of carbonyl (C=O) groups is 1. The second-order valence-electron chi connectivity index (χ2n) is 5.94. The number of rotatable bonds is 3. The first-order chi connectivity index (χ1) is 8.80. The van der Waals surface area contributed by atoms with E-state index in [1.165, 1.54) is 6.26 Å². The van der Waals surface area contributed by atoms with Crippen molar-refractivity contribution in [2.24, 2.45) is 5.41 Å². The van der Waals surface area contributed by atoms with Gasteiger partial charge in [-0.3, -0.25) is 4.79 Å². The van der Waals surface area contributed by atoms with Crippen LogP contribution in [0.4, 0.5) is 0 Å². The second kappa shape index (κ2) is 5.38. The van der Waals surface area contributed by atoms with E-state index in [4.69, 9.17) is 0 Å². The lowest BCUT2D eigenvalue weighted by Crippen LogP contribution is -2.50. The molecular formula is C12H23N3O3S. The first-order valence-electron chi connectivity index (χ1n) is 6.78. The summed E-state index contributed by atoms with van der Waals surface area (Å²) in [7, 11) is -3.15. The van der Waals surface area contributed by atoms with Gasteiger partial charge in [0.2, 0.25) is 15.9 Å². The highest BCUT2D eigenvalue weighted by Gasteiger charge is 2.40. The smallest absolute Gasteiger partial charge is 0.229 e. The van der Waals surface area contributed by atoms with Gasteiger partial charge >= 0.3 is 0 Å². The van der Waals surface area contributed by atoms with Gasteiger partial charge in [0, 0.05) is 25.7 Å². The molecule has 1 unspecified atom stereocenters. The molecule has 0 spiro atoms. The van der Waals surface area contributed by atoms with Crippen molar-refractivity contribution in [2.75, 3.05) is 32.4 Å². The fourth-order valence-corrected chi connectivity index (χ4v) is 3.73. The minimum Gasteiger partial charge on any atom is -0.342 e. The summed E-state index contributed by atoms with van der Waals surface area (Å²) < 4.78 is 25.0. The van der Waals surface area contributed by atoms with Crippen LogP contribution in [0.5, 0.6) is 0 Å². The van der Waals surface area contributed by atoms with Crippen molar-refractivity contribution in [1.29, 1.82) is 0 Å². The molecule has 2 aliphatic rings. The molecule has 0 aromatic carbocycles. The van der Waals surface area contributed by atoms with Gasteiger partial charge in [-0.2, -0.15) is 0 Å². The summed E-state index contributed by atoms with van der Waals surface area (Å²) in [6.07, 6.45) is 3.45. The van der Waals surface area contributed by atoms with Crippen LogP contribution in [0.25, 0.3) is 0 Å². The lowest BCUT2D eigenvalue weighted by Gasteiger charge is -2.36. The van der Waals surface area contributed by atoms with Crippen LogP contribution in [-0.2, 0) is 14.8 Å². The average Bonchev–Trinajstić information content (AvgIpc) is 2.75. The molecule has 0 aliphatic carbocycles. The van der Waals surface area contributed by atoms with E-state index in [9.17, 15) is 13.2 Å². The van der Waals surface area contributed by atoms with Crippen LogP contribution in [0.15, 0.2) is 0 Å². The minimum atomic E-state index is -3.15. The molecule has 2 fully saturated rings. The van der Waals surface area contributed by atoms with Gasteiger partial charge in [0.25, 0.3) is 0 Å². The maximum atomic E-state index is 12.5. The maximum Gasteiger partial charge on any atom is 0.229 e. The molecule has 0 bridgehead atoms. The molecule has 19 heavy (non-hydrogen) atoms. The third-order valence-electron chi connectivity index (χ3n) is 4.05. The SMILES string of the molecule is CC1(C(=O)N2CCC(NS(C)(=O)=O)CC2)CCNC1. The van der Waals surface area contributed by atoms with Crippen molar-refractivity contribution in [2.45, 2.75) is 32.2 Å². The first kappa shape index (κ1) is 14.7. The zero-order chi connectivity index (χ0) is 14.1. The summed E-state index contributed by atoms with van der Waals surface area (Å²) in [4.78, 5) is 14.3. The predicted molar refractivity (Wildman–Crippen MR) is 73.2 cm³/mol. The molecule has 1 amide bonds. The Morgan fingerprint density at radius 1 is 1.37 bits per heavy atom. The quantitative estimate of drug-likeness (QED) is 0.736. The number of sulfonamides is 1. The van der Waals surface area contributed by atoms with E-state index in [2.05, 4.69) is 10.0 Å². The maximum absolute atomic E-state index is 12.5. The van der Waals surface area contributed by atoms with Crippen LogP contribution in [0.3, 0.4) is 0 Å². The summed E-state index contributed by atoms with van der Waals surface area (Å²) in [5, 5.41) is 3.23. The van der Waals surface area contributed by atoms with Gasteiger partial charge in [-0.1, -0.05) is 0 Å². The molecule has 0 saturated carbocycles. The molecule has 2 saturated heterocycles. The zero-order valence-corrected chi connectivity index (χ0v) is 12.4. The van der Waals surface area contributed by atoms with E-state index in [1.54, 1.807) is 0 Å². The Kier molecular flexibility index (Phi) is 4.17. The molecule has 0 aromatic heterocycles. The molecule has 110 valence electrons. The normalized spacial score (nSPS) is 29.7. The summed E-state index contributed by atoms with van der Waals surface area (Å²) in [6, 6.07) is -0.0337. The van der Waals surface area contributed by atoms with Gasteiger partial charge in [-0.25, -0.2) is 13.1 Å². The van der Waals surface area contributed by atoms with Crippen LogP contribution in [0, 0.1) is 5.41 Å². The lowest BCUT2D eigenvalue weighted by molar-refractivity contribution is -0.141.